The van der Waals surface area contributed by atoms with E-state index in [9.17, 15) is 9.50 Å². The maximum Gasteiger partial charge on any atom is 0.141 e. The second-order valence-electron chi connectivity index (χ2n) is 3.57. The fourth-order valence-corrected chi connectivity index (χ4v) is 1.51. The first-order valence-corrected chi connectivity index (χ1v) is 5.06. The Balaban J connectivity index is 1.95. The fourth-order valence-electron chi connectivity index (χ4n) is 1.51. The average molecular weight is 221 g/mol. The van der Waals surface area contributed by atoms with Crippen LogP contribution in [0.25, 0.3) is 0 Å². The summed E-state index contributed by atoms with van der Waals surface area (Å²) in [4.78, 5) is 3.69. The molecule has 0 fully saturated rings. The number of hydrogen-bond acceptors (Lipinski definition) is 3. The van der Waals surface area contributed by atoms with Gasteiger partial charge in [0.15, 0.2) is 0 Å². The lowest BCUT2D eigenvalue weighted by Crippen LogP contribution is -2.00. The minimum atomic E-state index is -0.715. The second-order valence-corrected chi connectivity index (χ2v) is 3.57. The Morgan fingerprint density at radius 1 is 1.44 bits per heavy atom. The van der Waals surface area contributed by atoms with Gasteiger partial charge in [-0.15, -0.1) is 0 Å². The number of pyridine rings is 1. The monoisotopic (exact) mass is 221 g/mol. The van der Waals surface area contributed by atoms with Crippen LogP contribution in [0.5, 0.6) is 0 Å². The van der Waals surface area contributed by atoms with E-state index in [0.717, 1.165) is 12.0 Å². The van der Waals surface area contributed by atoms with E-state index in [0.29, 0.717) is 18.4 Å². The van der Waals surface area contributed by atoms with Gasteiger partial charge in [0.2, 0.25) is 0 Å². The van der Waals surface area contributed by atoms with Crippen LogP contribution in [0.2, 0.25) is 0 Å². The van der Waals surface area contributed by atoms with Crippen LogP contribution in [0.3, 0.4) is 0 Å². The summed E-state index contributed by atoms with van der Waals surface area (Å²) < 4.78 is 18.0. The predicted molar refractivity (Wildman–Crippen MR) is 56.2 cm³/mol. The van der Waals surface area contributed by atoms with Gasteiger partial charge in [-0.25, -0.2) is 4.39 Å². The molecule has 0 spiro atoms. The maximum atomic E-state index is 12.8. The van der Waals surface area contributed by atoms with E-state index < -0.39 is 11.9 Å². The summed E-state index contributed by atoms with van der Waals surface area (Å²) in [6.45, 7) is 0. The van der Waals surface area contributed by atoms with Crippen LogP contribution in [-0.2, 0) is 6.42 Å². The molecule has 3 nitrogen and oxygen atoms in total. The fraction of sp³-hybridized carbons (Fsp3) is 0.250. The Morgan fingerprint density at radius 3 is 3.00 bits per heavy atom. The molecule has 16 heavy (non-hydrogen) atoms. The second kappa shape index (κ2) is 4.90. The summed E-state index contributed by atoms with van der Waals surface area (Å²) in [7, 11) is 0. The van der Waals surface area contributed by atoms with Gasteiger partial charge in [0.25, 0.3) is 0 Å². The Kier molecular flexibility index (Phi) is 3.31. The topological polar surface area (TPSA) is 46.3 Å². The summed E-state index contributed by atoms with van der Waals surface area (Å²) in [5.41, 5.74) is 0.492. The summed E-state index contributed by atoms with van der Waals surface area (Å²) in [6, 6.07) is 4.93. The molecule has 0 radical (unpaired) electrons. The van der Waals surface area contributed by atoms with Crippen molar-refractivity contribution in [3.05, 3.63) is 54.0 Å². The van der Waals surface area contributed by atoms with Gasteiger partial charge in [0.05, 0.1) is 18.6 Å². The van der Waals surface area contributed by atoms with Crippen molar-refractivity contribution >= 4 is 0 Å². The molecule has 1 N–H and O–H groups in total. The maximum absolute atomic E-state index is 12.8. The largest absolute Gasteiger partial charge is 0.469 e. The zero-order valence-electron chi connectivity index (χ0n) is 8.64. The van der Waals surface area contributed by atoms with Crippen molar-refractivity contribution in [2.24, 2.45) is 0 Å². The highest BCUT2D eigenvalue weighted by atomic mass is 19.1. The summed E-state index contributed by atoms with van der Waals surface area (Å²) in [5, 5.41) is 9.80. The van der Waals surface area contributed by atoms with E-state index in [-0.39, 0.29) is 0 Å². The standard InChI is InChI=1S/C12H12FNO2/c13-10-6-9(7-14-8-10)12(15)4-3-11-2-1-5-16-11/h1-2,5-8,12,15H,3-4H2. The van der Waals surface area contributed by atoms with Gasteiger partial charge >= 0.3 is 0 Å². The highest BCUT2D eigenvalue weighted by Crippen LogP contribution is 2.18. The van der Waals surface area contributed by atoms with Gasteiger partial charge in [-0.1, -0.05) is 0 Å². The minimum absolute atomic E-state index is 0.436. The molecule has 1 unspecified atom stereocenters. The lowest BCUT2D eigenvalue weighted by Gasteiger charge is -2.09. The lowest BCUT2D eigenvalue weighted by molar-refractivity contribution is 0.164. The molecule has 0 aromatic carbocycles. The van der Waals surface area contributed by atoms with Gasteiger partial charge in [-0.2, -0.15) is 0 Å². The highest BCUT2D eigenvalue weighted by Gasteiger charge is 2.09. The van der Waals surface area contributed by atoms with Crippen LogP contribution in [0.4, 0.5) is 4.39 Å². The van der Waals surface area contributed by atoms with E-state index in [1.165, 1.54) is 12.3 Å². The van der Waals surface area contributed by atoms with Gasteiger partial charge in [0.1, 0.15) is 11.6 Å². The highest BCUT2D eigenvalue weighted by molar-refractivity contribution is 5.13. The van der Waals surface area contributed by atoms with E-state index >= 15 is 0 Å². The van der Waals surface area contributed by atoms with Gasteiger partial charge in [-0.3, -0.25) is 4.98 Å². The van der Waals surface area contributed by atoms with Crippen LogP contribution in [-0.4, -0.2) is 10.1 Å². The van der Waals surface area contributed by atoms with Crippen molar-refractivity contribution in [1.82, 2.24) is 4.98 Å². The van der Waals surface area contributed by atoms with Crippen molar-refractivity contribution in [3.63, 3.8) is 0 Å². The first kappa shape index (κ1) is 10.8. The number of rotatable bonds is 4. The van der Waals surface area contributed by atoms with Crippen LogP contribution < -0.4 is 0 Å². The van der Waals surface area contributed by atoms with Crippen LogP contribution in [0.15, 0.2) is 41.3 Å². The molecule has 84 valence electrons. The van der Waals surface area contributed by atoms with Crippen molar-refractivity contribution in [3.8, 4) is 0 Å². The summed E-state index contributed by atoms with van der Waals surface area (Å²) in [5.74, 6) is 0.373. The summed E-state index contributed by atoms with van der Waals surface area (Å²) >= 11 is 0. The number of aliphatic hydroxyl groups excluding tert-OH is 1. The number of aliphatic hydroxyl groups is 1. The zero-order chi connectivity index (χ0) is 11.4. The lowest BCUT2D eigenvalue weighted by atomic mass is 10.1. The molecular weight excluding hydrogens is 209 g/mol. The molecule has 1 atom stereocenters. The first-order valence-electron chi connectivity index (χ1n) is 5.06. The SMILES string of the molecule is OC(CCc1ccco1)c1cncc(F)c1. The molecule has 2 aromatic heterocycles. The Labute approximate surface area is 92.6 Å². The predicted octanol–water partition coefficient (Wildman–Crippen LogP) is 2.48. The quantitative estimate of drug-likeness (QED) is 0.862. The Morgan fingerprint density at radius 2 is 2.31 bits per heavy atom. The number of furan rings is 1. The van der Waals surface area contributed by atoms with Crippen LogP contribution >= 0.6 is 0 Å². The first-order chi connectivity index (χ1) is 7.75. The Bertz CT molecular complexity index is 442. The number of halogens is 1. The molecule has 2 rings (SSSR count). The van der Waals surface area contributed by atoms with E-state index in [1.54, 1.807) is 12.3 Å². The molecule has 2 aromatic rings. The smallest absolute Gasteiger partial charge is 0.141 e. The van der Waals surface area contributed by atoms with E-state index in [2.05, 4.69) is 4.98 Å². The van der Waals surface area contributed by atoms with Crippen molar-refractivity contribution < 1.29 is 13.9 Å². The number of nitrogens with zero attached hydrogens (tertiary/aromatic N) is 1. The molecule has 4 heteroatoms. The zero-order valence-corrected chi connectivity index (χ0v) is 8.64. The molecule has 0 bridgehead atoms. The molecule has 0 saturated heterocycles. The number of hydrogen-bond donors (Lipinski definition) is 1. The molecule has 0 aliphatic rings. The molecular formula is C12H12FNO2. The van der Waals surface area contributed by atoms with E-state index in [1.807, 2.05) is 6.07 Å². The van der Waals surface area contributed by atoms with Crippen molar-refractivity contribution in [1.29, 1.82) is 0 Å². The average Bonchev–Trinajstić information content (AvgIpc) is 2.78. The molecule has 0 aliphatic heterocycles. The minimum Gasteiger partial charge on any atom is -0.469 e. The van der Waals surface area contributed by atoms with E-state index in [4.69, 9.17) is 4.42 Å². The third-order valence-corrected chi connectivity index (χ3v) is 2.36. The van der Waals surface area contributed by atoms with Crippen molar-refractivity contribution in [2.75, 3.05) is 0 Å². The van der Waals surface area contributed by atoms with Crippen LogP contribution in [0.1, 0.15) is 23.8 Å². The summed E-state index contributed by atoms with van der Waals surface area (Å²) in [6.07, 6.45) is 4.56. The van der Waals surface area contributed by atoms with Crippen LogP contribution in [0, 0.1) is 5.82 Å². The molecule has 0 amide bonds. The van der Waals surface area contributed by atoms with Gasteiger partial charge in [0, 0.05) is 18.2 Å². The number of aromatic nitrogens is 1. The van der Waals surface area contributed by atoms with Gasteiger partial charge < -0.3 is 9.52 Å². The van der Waals surface area contributed by atoms with Crippen molar-refractivity contribution in [2.45, 2.75) is 18.9 Å². The molecule has 2 heterocycles. The third kappa shape index (κ3) is 2.67. The normalized spacial score (nSPS) is 12.6. The molecule has 0 saturated carbocycles. The third-order valence-electron chi connectivity index (χ3n) is 2.36. The Hall–Kier alpha value is -1.68. The van der Waals surface area contributed by atoms with Gasteiger partial charge in [-0.05, 0) is 24.6 Å². The molecule has 0 aliphatic carbocycles. The number of aryl methyl sites for hydroxylation is 1.